The Morgan fingerprint density at radius 3 is 2.67 bits per heavy atom. The van der Waals surface area contributed by atoms with E-state index in [0.29, 0.717) is 17.7 Å². The van der Waals surface area contributed by atoms with E-state index in [0.717, 1.165) is 11.1 Å². The van der Waals surface area contributed by atoms with Crippen LogP contribution in [0.25, 0.3) is 0 Å². The number of carbonyl (C=O) groups excluding carboxylic acids is 2. The molecular weight excluding hydrogens is 344 g/mol. The number of carbonyl (C=O) groups is 2. The zero-order valence-electron chi connectivity index (χ0n) is 15.2. The van der Waals surface area contributed by atoms with Gasteiger partial charge in [0.15, 0.2) is 0 Å². The second kappa shape index (κ2) is 7.92. The molecule has 2 aromatic rings. The summed E-state index contributed by atoms with van der Waals surface area (Å²) in [5.74, 6) is -0.127. The van der Waals surface area contributed by atoms with E-state index in [1.54, 1.807) is 18.2 Å². The van der Waals surface area contributed by atoms with Crippen molar-refractivity contribution in [2.75, 3.05) is 13.7 Å². The highest BCUT2D eigenvalue weighted by molar-refractivity contribution is 5.84. The molecule has 0 aliphatic carbocycles. The molecule has 2 atom stereocenters. The van der Waals surface area contributed by atoms with Gasteiger partial charge in [-0.1, -0.05) is 30.3 Å². The molecule has 0 saturated carbocycles. The molecule has 1 amide bonds. The predicted octanol–water partition coefficient (Wildman–Crippen LogP) is 2.62. The monoisotopic (exact) mass is 364 g/mol. The number of hydrogen-bond acceptors (Lipinski definition) is 5. The lowest BCUT2D eigenvalue weighted by atomic mass is 9.99. The van der Waals surface area contributed by atoms with Gasteiger partial charge in [-0.25, -0.2) is 4.79 Å². The van der Waals surface area contributed by atoms with Gasteiger partial charge < -0.3 is 14.4 Å². The summed E-state index contributed by atoms with van der Waals surface area (Å²) in [5, 5.41) is 9.19. The van der Waals surface area contributed by atoms with Crippen molar-refractivity contribution >= 4 is 11.9 Å². The second-order valence-corrected chi connectivity index (χ2v) is 6.35. The summed E-state index contributed by atoms with van der Waals surface area (Å²) < 4.78 is 10.7. The second-order valence-electron chi connectivity index (χ2n) is 6.35. The van der Waals surface area contributed by atoms with Gasteiger partial charge in [-0.05, 0) is 23.8 Å². The molecule has 0 fully saturated rings. The average Bonchev–Trinajstić information content (AvgIpc) is 3.10. The third-order valence-electron chi connectivity index (χ3n) is 4.67. The maximum absolute atomic E-state index is 12.5. The highest BCUT2D eigenvalue weighted by Gasteiger charge is 2.39. The Morgan fingerprint density at radius 1 is 1.30 bits per heavy atom. The number of fused-ring (bicyclic) bond motifs is 1. The van der Waals surface area contributed by atoms with Crippen LogP contribution in [0.1, 0.15) is 29.7 Å². The number of methoxy groups -OCH3 is 1. The van der Waals surface area contributed by atoms with Gasteiger partial charge in [-0.3, -0.25) is 4.79 Å². The number of rotatable bonds is 5. The number of esters is 1. The fourth-order valence-corrected chi connectivity index (χ4v) is 3.42. The van der Waals surface area contributed by atoms with E-state index in [4.69, 9.17) is 9.47 Å². The minimum atomic E-state index is -0.791. The van der Waals surface area contributed by atoms with Crippen molar-refractivity contribution in [1.82, 2.24) is 4.90 Å². The third-order valence-corrected chi connectivity index (χ3v) is 4.67. The predicted molar refractivity (Wildman–Crippen MR) is 97.9 cm³/mol. The van der Waals surface area contributed by atoms with Crippen molar-refractivity contribution in [2.45, 2.75) is 25.4 Å². The van der Waals surface area contributed by atoms with E-state index < -0.39 is 18.1 Å². The molecule has 6 nitrogen and oxygen atoms in total. The largest absolute Gasteiger partial charge is 0.491 e. The van der Waals surface area contributed by atoms with Gasteiger partial charge in [-0.2, -0.15) is 5.26 Å². The van der Waals surface area contributed by atoms with E-state index in [9.17, 15) is 14.9 Å². The van der Waals surface area contributed by atoms with Crippen molar-refractivity contribution in [3.63, 3.8) is 0 Å². The standard InChI is InChI=1S/C21H20N2O4/c1-14(24)23(18(21(25)26-2)11-15-6-4-3-5-7-15)19-13-27-20-9-8-16(12-22)10-17(19)20/h3-10,18-19H,11,13H2,1-2H3/t18-,19?/m0/s1. The first-order valence-electron chi connectivity index (χ1n) is 8.62. The topological polar surface area (TPSA) is 79.6 Å². The molecule has 1 heterocycles. The van der Waals surface area contributed by atoms with Crippen LogP contribution in [0.2, 0.25) is 0 Å². The molecule has 0 aromatic heterocycles. The first-order valence-corrected chi connectivity index (χ1v) is 8.62. The van der Waals surface area contributed by atoms with Crippen molar-refractivity contribution in [1.29, 1.82) is 5.26 Å². The van der Waals surface area contributed by atoms with Gasteiger partial charge in [0.05, 0.1) is 24.8 Å². The zero-order valence-corrected chi connectivity index (χ0v) is 15.2. The van der Waals surface area contributed by atoms with Crippen LogP contribution in [0.15, 0.2) is 48.5 Å². The lowest BCUT2D eigenvalue weighted by Crippen LogP contribution is -2.48. The van der Waals surface area contributed by atoms with E-state index >= 15 is 0 Å². The van der Waals surface area contributed by atoms with Crippen LogP contribution in [-0.4, -0.2) is 36.5 Å². The van der Waals surface area contributed by atoms with Crippen molar-refractivity contribution in [2.24, 2.45) is 0 Å². The molecular formula is C21H20N2O4. The Balaban J connectivity index is 2.00. The van der Waals surface area contributed by atoms with Crippen LogP contribution in [0.5, 0.6) is 5.75 Å². The number of benzene rings is 2. The van der Waals surface area contributed by atoms with Crippen LogP contribution >= 0.6 is 0 Å². The Kier molecular flexibility index (Phi) is 5.41. The molecule has 1 unspecified atom stereocenters. The number of nitriles is 1. The summed E-state index contributed by atoms with van der Waals surface area (Å²) in [6.07, 6.45) is 0.330. The number of amides is 1. The van der Waals surface area contributed by atoms with E-state index in [1.165, 1.54) is 18.9 Å². The van der Waals surface area contributed by atoms with Crippen LogP contribution in [0, 0.1) is 11.3 Å². The van der Waals surface area contributed by atoms with Gasteiger partial charge in [0.2, 0.25) is 5.91 Å². The average molecular weight is 364 g/mol. The first-order chi connectivity index (χ1) is 13.0. The summed E-state index contributed by atoms with van der Waals surface area (Å²) in [4.78, 5) is 26.6. The molecule has 1 aliphatic rings. The minimum absolute atomic E-state index is 0.228. The van der Waals surface area contributed by atoms with Crippen LogP contribution < -0.4 is 4.74 Å². The zero-order chi connectivity index (χ0) is 19.4. The smallest absolute Gasteiger partial charge is 0.328 e. The Morgan fingerprint density at radius 2 is 2.04 bits per heavy atom. The summed E-state index contributed by atoms with van der Waals surface area (Å²) in [5.41, 5.74) is 2.13. The molecule has 3 rings (SSSR count). The summed E-state index contributed by atoms with van der Waals surface area (Å²) in [7, 11) is 1.31. The van der Waals surface area contributed by atoms with Gasteiger partial charge in [0.1, 0.15) is 18.4 Å². The molecule has 27 heavy (non-hydrogen) atoms. The number of hydrogen-bond donors (Lipinski definition) is 0. The summed E-state index contributed by atoms with van der Waals surface area (Å²) in [6, 6.07) is 15.4. The quantitative estimate of drug-likeness (QED) is 0.762. The van der Waals surface area contributed by atoms with Gasteiger partial charge in [0, 0.05) is 18.9 Å². The fraction of sp³-hybridized carbons (Fsp3) is 0.286. The normalized spacial score (nSPS) is 15.8. The molecule has 6 heteroatoms. The minimum Gasteiger partial charge on any atom is -0.491 e. The fourth-order valence-electron chi connectivity index (χ4n) is 3.42. The number of nitrogens with zero attached hydrogens (tertiary/aromatic N) is 2. The van der Waals surface area contributed by atoms with Gasteiger partial charge in [0.25, 0.3) is 0 Å². The lowest BCUT2D eigenvalue weighted by Gasteiger charge is -2.33. The molecule has 1 aliphatic heterocycles. The van der Waals surface area contributed by atoms with E-state index in [-0.39, 0.29) is 12.5 Å². The molecule has 0 radical (unpaired) electrons. The summed E-state index contributed by atoms with van der Waals surface area (Å²) in [6.45, 7) is 1.65. The van der Waals surface area contributed by atoms with Gasteiger partial charge in [-0.15, -0.1) is 0 Å². The van der Waals surface area contributed by atoms with Crippen molar-refractivity contribution < 1.29 is 19.1 Å². The molecule has 0 saturated heterocycles. The summed E-state index contributed by atoms with van der Waals surface area (Å²) >= 11 is 0. The maximum atomic E-state index is 12.5. The van der Waals surface area contributed by atoms with Gasteiger partial charge >= 0.3 is 5.97 Å². The molecule has 0 N–H and O–H groups in total. The van der Waals surface area contributed by atoms with Crippen LogP contribution in [0.3, 0.4) is 0 Å². The van der Waals surface area contributed by atoms with Crippen LogP contribution in [0.4, 0.5) is 0 Å². The van der Waals surface area contributed by atoms with Crippen LogP contribution in [-0.2, 0) is 20.7 Å². The molecule has 138 valence electrons. The Hall–Kier alpha value is -3.33. The van der Waals surface area contributed by atoms with Crippen molar-refractivity contribution in [3.8, 4) is 11.8 Å². The molecule has 2 aromatic carbocycles. The molecule has 0 bridgehead atoms. The van der Waals surface area contributed by atoms with E-state index in [2.05, 4.69) is 6.07 Å². The Labute approximate surface area is 157 Å². The Bertz CT molecular complexity index is 889. The highest BCUT2D eigenvalue weighted by Crippen LogP contribution is 2.38. The van der Waals surface area contributed by atoms with Crippen molar-refractivity contribution in [3.05, 3.63) is 65.2 Å². The maximum Gasteiger partial charge on any atom is 0.328 e. The SMILES string of the molecule is COC(=O)[C@H](Cc1ccccc1)N(C(C)=O)C1COc2ccc(C#N)cc21. The molecule has 0 spiro atoms. The number of ether oxygens (including phenoxy) is 2. The third kappa shape index (κ3) is 3.77. The highest BCUT2D eigenvalue weighted by atomic mass is 16.5. The van der Waals surface area contributed by atoms with E-state index in [1.807, 2.05) is 30.3 Å². The lowest BCUT2D eigenvalue weighted by molar-refractivity contribution is -0.154. The first kappa shape index (κ1) is 18.5.